The number of hydrogen-bond acceptors (Lipinski definition) is 3. The minimum atomic E-state index is 0.160. The summed E-state index contributed by atoms with van der Waals surface area (Å²) < 4.78 is 5.60. The van der Waals surface area contributed by atoms with E-state index in [2.05, 4.69) is 5.32 Å². The van der Waals surface area contributed by atoms with Crippen LogP contribution in [0.25, 0.3) is 0 Å². The highest BCUT2D eigenvalue weighted by Gasteiger charge is 2.23. The van der Waals surface area contributed by atoms with Crippen LogP contribution in [0.1, 0.15) is 12.8 Å². The number of nitrogens with one attached hydrogen (secondary N) is 1. The van der Waals surface area contributed by atoms with E-state index < -0.39 is 0 Å². The van der Waals surface area contributed by atoms with Gasteiger partial charge in [0, 0.05) is 18.0 Å². The van der Waals surface area contributed by atoms with Gasteiger partial charge in [0.1, 0.15) is 12.4 Å². The maximum atomic E-state index is 12.2. The number of piperidine rings is 1. The van der Waals surface area contributed by atoms with Crippen molar-refractivity contribution < 1.29 is 9.53 Å². The Morgan fingerprint density at radius 3 is 2.90 bits per heavy atom. The third kappa shape index (κ3) is 4.39. The van der Waals surface area contributed by atoms with E-state index in [1.54, 1.807) is 17.0 Å². The van der Waals surface area contributed by atoms with Gasteiger partial charge in [-0.05, 0) is 44.1 Å². The fraction of sp³-hybridized carbons (Fsp3) is 0.533. The zero-order valence-electron chi connectivity index (χ0n) is 11.8. The zero-order chi connectivity index (χ0) is 14.4. The van der Waals surface area contributed by atoms with Gasteiger partial charge in [0.05, 0.1) is 6.54 Å². The smallest absolute Gasteiger partial charge is 0.225 e. The van der Waals surface area contributed by atoms with Crippen LogP contribution < -0.4 is 10.1 Å². The Bertz CT molecular complexity index is 447. The van der Waals surface area contributed by atoms with Gasteiger partial charge in [-0.3, -0.25) is 4.79 Å². The molecule has 0 atom stereocenters. The standard InChI is InChI=1S/C15H21ClN2O2/c1-18(15(19)12-5-7-17-8-6-12)9-10-20-14-4-2-3-13(16)11-14/h2-4,11-12,17H,5-10H2,1H3. The minimum Gasteiger partial charge on any atom is -0.492 e. The normalized spacial score (nSPS) is 15.9. The first-order chi connectivity index (χ1) is 9.66. The van der Waals surface area contributed by atoms with Crippen molar-refractivity contribution in [1.29, 1.82) is 0 Å². The van der Waals surface area contributed by atoms with Crippen molar-refractivity contribution in [2.75, 3.05) is 33.3 Å². The van der Waals surface area contributed by atoms with Crippen molar-refractivity contribution >= 4 is 17.5 Å². The van der Waals surface area contributed by atoms with Gasteiger partial charge in [0.25, 0.3) is 0 Å². The van der Waals surface area contributed by atoms with Crippen LogP contribution in [0.15, 0.2) is 24.3 Å². The number of nitrogens with zero attached hydrogens (tertiary/aromatic N) is 1. The van der Waals surface area contributed by atoms with Gasteiger partial charge < -0.3 is 15.0 Å². The van der Waals surface area contributed by atoms with Crippen LogP contribution in [-0.2, 0) is 4.79 Å². The Balaban J connectivity index is 1.74. The lowest BCUT2D eigenvalue weighted by molar-refractivity contribution is -0.135. The summed E-state index contributed by atoms with van der Waals surface area (Å²) >= 11 is 5.89. The molecule has 1 saturated heterocycles. The zero-order valence-corrected chi connectivity index (χ0v) is 12.5. The molecule has 0 unspecified atom stereocenters. The van der Waals surface area contributed by atoms with Gasteiger partial charge in [-0.25, -0.2) is 0 Å². The van der Waals surface area contributed by atoms with Gasteiger partial charge in [-0.2, -0.15) is 0 Å². The molecule has 110 valence electrons. The predicted octanol–water partition coefficient (Wildman–Crippen LogP) is 2.18. The highest BCUT2D eigenvalue weighted by atomic mass is 35.5. The number of benzene rings is 1. The number of carbonyl (C=O) groups is 1. The molecule has 0 saturated carbocycles. The maximum Gasteiger partial charge on any atom is 0.225 e. The van der Waals surface area contributed by atoms with Crippen LogP contribution in [0, 0.1) is 5.92 Å². The van der Waals surface area contributed by atoms with E-state index in [-0.39, 0.29) is 11.8 Å². The number of carbonyl (C=O) groups excluding carboxylic acids is 1. The average Bonchev–Trinajstić information content (AvgIpc) is 2.47. The van der Waals surface area contributed by atoms with Crippen molar-refractivity contribution in [2.45, 2.75) is 12.8 Å². The van der Waals surface area contributed by atoms with E-state index in [0.29, 0.717) is 18.2 Å². The summed E-state index contributed by atoms with van der Waals surface area (Å²) in [5.74, 6) is 1.12. The molecule has 0 aromatic heterocycles. The average molecular weight is 297 g/mol. The van der Waals surface area contributed by atoms with Crippen molar-refractivity contribution in [3.63, 3.8) is 0 Å². The first-order valence-corrected chi connectivity index (χ1v) is 7.38. The number of rotatable bonds is 5. The van der Waals surface area contributed by atoms with E-state index in [1.165, 1.54) is 0 Å². The molecule has 1 fully saturated rings. The van der Waals surface area contributed by atoms with Crippen molar-refractivity contribution in [3.8, 4) is 5.75 Å². The SMILES string of the molecule is CN(CCOc1cccc(Cl)c1)C(=O)C1CCNCC1. The minimum absolute atomic E-state index is 0.160. The van der Waals surface area contributed by atoms with Crippen LogP contribution in [0.2, 0.25) is 5.02 Å². The first-order valence-electron chi connectivity index (χ1n) is 7.01. The Labute approximate surface area is 125 Å². The topological polar surface area (TPSA) is 41.6 Å². The molecular weight excluding hydrogens is 276 g/mol. The second-order valence-corrected chi connectivity index (χ2v) is 5.53. The van der Waals surface area contributed by atoms with Gasteiger partial charge in [-0.15, -0.1) is 0 Å². The highest BCUT2D eigenvalue weighted by Crippen LogP contribution is 2.17. The van der Waals surface area contributed by atoms with E-state index in [0.717, 1.165) is 31.7 Å². The molecule has 20 heavy (non-hydrogen) atoms. The molecule has 1 aromatic carbocycles. The Kier molecular flexibility index (Phi) is 5.68. The van der Waals surface area contributed by atoms with Crippen LogP contribution in [0.4, 0.5) is 0 Å². The molecule has 1 amide bonds. The van der Waals surface area contributed by atoms with Crippen molar-refractivity contribution in [2.24, 2.45) is 5.92 Å². The Morgan fingerprint density at radius 2 is 2.20 bits per heavy atom. The van der Waals surface area contributed by atoms with Crippen LogP contribution >= 0.6 is 11.6 Å². The summed E-state index contributed by atoms with van der Waals surface area (Å²) in [5, 5.41) is 3.92. The monoisotopic (exact) mass is 296 g/mol. The largest absolute Gasteiger partial charge is 0.492 e. The molecule has 2 rings (SSSR count). The molecule has 1 aromatic rings. The summed E-state index contributed by atoms with van der Waals surface area (Å²) in [4.78, 5) is 14.0. The van der Waals surface area contributed by atoms with Gasteiger partial charge in [-0.1, -0.05) is 17.7 Å². The van der Waals surface area contributed by atoms with Gasteiger partial charge in [0.2, 0.25) is 5.91 Å². The number of likely N-dealkylation sites (N-methyl/N-ethyl adjacent to an activating group) is 1. The maximum absolute atomic E-state index is 12.2. The summed E-state index contributed by atoms with van der Waals surface area (Å²) in [6.45, 7) is 2.94. The molecule has 1 aliphatic rings. The van der Waals surface area contributed by atoms with Crippen molar-refractivity contribution in [3.05, 3.63) is 29.3 Å². The lowest BCUT2D eigenvalue weighted by Crippen LogP contribution is -2.40. The molecule has 0 radical (unpaired) electrons. The van der Waals surface area contributed by atoms with Crippen LogP contribution in [0.3, 0.4) is 0 Å². The molecule has 1 aliphatic heterocycles. The number of hydrogen-bond donors (Lipinski definition) is 1. The molecule has 1 heterocycles. The number of ether oxygens (including phenoxy) is 1. The van der Waals surface area contributed by atoms with Crippen LogP contribution in [-0.4, -0.2) is 44.1 Å². The van der Waals surface area contributed by atoms with E-state index >= 15 is 0 Å². The first kappa shape index (κ1) is 15.1. The second-order valence-electron chi connectivity index (χ2n) is 5.09. The fourth-order valence-electron chi connectivity index (χ4n) is 2.35. The van der Waals surface area contributed by atoms with Crippen molar-refractivity contribution in [1.82, 2.24) is 10.2 Å². The predicted molar refractivity (Wildman–Crippen MR) is 80.2 cm³/mol. The summed E-state index contributed by atoms with van der Waals surface area (Å²) in [5.41, 5.74) is 0. The van der Waals surface area contributed by atoms with Gasteiger partial charge in [0.15, 0.2) is 0 Å². The number of amides is 1. The second kappa shape index (κ2) is 7.50. The Morgan fingerprint density at radius 1 is 1.45 bits per heavy atom. The Hall–Kier alpha value is -1.26. The molecule has 0 bridgehead atoms. The fourth-order valence-corrected chi connectivity index (χ4v) is 2.53. The van der Waals surface area contributed by atoms with E-state index in [1.807, 2.05) is 19.2 Å². The summed E-state index contributed by atoms with van der Waals surface area (Å²) in [6, 6.07) is 7.29. The third-order valence-electron chi connectivity index (χ3n) is 3.56. The molecular formula is C15H21ClN2O2. The highest BCUT2D eigenvalue weighted by molar-refractivity contribution is 6.30. The van der Waals surface area contributed by atoms with E-state index in [4.69, 9.17) is 16.3 Å². The lowest BCUT2D eigenvalue weighted by Gasteiger charge is -2.26. The summed E-state index contributed by atoms with van der Waals surface area (Å²) in [6.07, 6.45) is 1.86. The lowest BCUT2D eigenvalue weighted by atomic mass is 9.97. The molecule has 1 N–H and O–H groups in total. The molecule has 5 heteroatoms. The molecule has 0 aliphatic carbocycles. The van der Waals surface area contributed by atoms with E-state index in [9.17, 15) is 4.79 Å². The number of halogens is 1. The van der Waals surface area contributed by atoms with Gasteiger partial charge >= 0.3 is 0 Å². The summed E-state index contributed by atoms with van der Waals surface area (Å²) in [7, 11) is 1.84. The molecule has 4 nitrogen and oxygen atoms in total. The van der Waals surface area contributed by atoms with Crippen LogP contribution in [0.5, 0.6) is 5.75 Å². The quantitative estimate of drug-likeness (QED) is 0.905. The molecule has 0 spiro atoms. The third-order valence-corrected chi connectivity index (χ3v) is 3.79.